The van der Waals surface area contributed by atoms with Gasteiger partial charge in [0.25, 0.3) is 0 Å². The molecule has 0 radical (unpaired) electrons. The molecule has 0 heterocycles. The predicted octanol–water partition coefficient (Wildman–Crippen LogP) is 3.68. The average molecular weight is 299 g/mol. The van der Waals surface area contributed by atoms with Gasteiger partial charge < -0.3 is 15.0 Å². The van der Waals surface area contributed by atoms with Crippen LogP contribution in [0.4, 0.5) is 0 Å². The van der Waals surface area contributed by atoms with Crippen molar-refractivity contribution >= 4 is 0 Å². The van der Waals surface area contributed by atoms with Gasteiger partial charge in [-0.2, -0.15) is 0 Å². The van der Waals surface area contributed by atoms with E-state index >= 15 is 0 Å². The van der Waals surface area contributed by atoms with Crippen molar-refractivity contribution in [3.63, 3.8) is 0 Å². The molecule has 0 atom stereocenters. The summed E-state index contributed by atoms with van der Waals surface area (Å²) >= 11 is 0. The third-order valence-corrected chi connectivity index (χ3v) is 4.81. The lowest BCUT2D eigenvalue weighted by molar-refractivity contribution is 0.0805. The van der Waals surface area contributed by atoms with Crippen molar-refractivity contribution in [3.05, 3.63) is 0 Å². The molecule has 0 aromatic carbocycles. The summed E-state index contributed by atoms with van der Waals surface area (Å²) in [6, 6.07) is 0.587. The summed E-state index contributed by atoms with van der Waals surface area (Å²) in [4.78, 5) is 2.60. The van der Waals surface area contributed by atoms with E-state index in [9.17, 15) is 0 Å². The topological polar surface area (TPSA) is 24.5 Å². The Balaban J connectivity index is 2.60. The molecule has 21 heavy (non-hydrogen) atoms. The van der Waals surface area contributed by atoms with E-state index in [2.05, 4.69) is 37.9 Å². The van der Waals surface area contributed by atoms with Crippen LogP contribution < -0.4 is 5.32 Å². The third kappa shape index (κ3) is 7.62. The Labute approximate surface area is 132 Å². The van der Waals surface area contributed by atoms with Crippen LogP contribution in [0.1, 0.15) is 66.2 Å². The summed E-state index contributed by atoms with van der Waals surface area (Å²) in [7, 11) is 0. The Morgan fingerprint density at radius 1 is 1.10 bits per heavy atom. The molecule has 0 bridgehead atoms. The van der Waals surface area contributed by atoms with E-state index in [1.807, 2.05) is 0 Å². The number of ether oxygens (including phenoxy) is 1. The second kappa shape index (κ2) is 10.6. The fourth-order valence-corrected chi connectivity index (χ4v) is 3.45. The molecule has 1 N–H and O–H groups in total. The van der Waals surface area contributed by atoms with E-state index < -0.39 is 0 Å². The van der Waals surface area contributed by atoms with Crippen LogP contribution >= 0.6 is 0 Å². The lowest BCUT2D eigenvalue weighted by Crippen LogP contribution is -2.46. The molecule has 0 aromatic heterocycles. The van der Waals surface area contributed by atoms with Crippen LogP contribution in [0.2, 0.25) is 0 Å². The third-order valence-electron chi connectivity index (χ3n) is 4.81. The highest BCUT2D eigenvalue weighted by Crippen LogP contribution is 2.35. The highest BCUT2D eigenvalue weighted by Gasteiger charge is 2.32. The molecule has 1 aliphatic rings. The number of likely N-dealkylation sites (N-methyl/N-ethyl adjacent to an activating group) is 1. The SMILES string of the molecule is CCOCCN(CC)CC1(CNC(C)C)CCCCCC1. The Bertz CT molecular complexity index is 248. The van der Waals surface area contributed by atoms with Gasteiger partial charge in [0.1, 0.15) is 0 Å². The summed E-state index contributed by atoms with van der Waals surface area (Å²) in [5, 5.41) is 3.72. The molecule has 0 unspecified atom stereocenters. The van der Waals surface area contributed by atoms with Gasteiger partial charge in [0, 0.05) is 32.3 Å². The largest absolute Gasteiger partial charge is 0.380 e. The van der Waals surface area contributed by atoms with Crippen LogP contribution in [0.5, 0.6) is 0 Å². The normalized spacial score (nSPS) is 19.1. The van der Waals surface area contributed by atoms with Gasteiger partial charge in [-0.3, -0.25) is 0 Å². The molecule has 1 aliphatic carbocycles. The number of hydrogen-bond acceptors (Lipinski definition) is 3. The van der Waals surface area contributed by atoms with Gasteiger partial charge in [0.05, 0.1) is 6.61 Å². The smallest absolute Gasteiger partial charge is 0.0593 e. The van der Waals surface area contributed by atoms with Crippen molar-refractivity contribution in [2.45, 2.75) is 72.3 Å². The Morgan fingerprint density at radius 2 is 1.76 bits per heavy atom. The van der Waals surface area contributed by atoms with Gasteiger partial charge in [0.15, 0.2) is 0 Å². The lowest BCUT2D eigenvalue weighted by Gasteiger charge is -2.38. The zero-order chi connectivity index (χ0) is 15.6. The van der Waals surface area contributed by atoms with Crippen LogP contribution in [0, 0.1) is 5.41 Å². The lowest BCUT2D eigenvalue weighted by atomic mass is 9.79. The van der Waals surface area contributed by atoms with Crippen LogP contribution in [-0.4, -0.2) is 50.3 Å². The predicted molar refractivity (Wildman–Crippen MR) is 91.9 cm³/mol. The van der Waals surface area contributed by atoms with Crippen molar-refractivity contribution in [2.75, 3.05) is 39.4 Å². The fourth-order valence-electron chi connectivity index (χ4n) is 3.45. The molecule has 0 saturated heterocycles. The molecular weight excluding hydrogens is 260 g/mol. The van der Waals surface area contributed by atoms with Crippen molar-refractivity contribution in [1.29, 1.82) is 0 Å². The molecule has 1 fully saturated rings. The van der Waals surface area contributed by atoms with Crippen LogP contribution in [0.3, 0.4) is 0 Å². The molecule has 3 heteroatoms. The molecule has 3 nitrogen and oxygen atoms in total. The van der Waals surface area contributed by atoms with E-state index in [1.54, 1.807) is 0 Å². The first-order valence-electron chi connectivity index (χ1n) is 9.15. The first kappa shape index (κ1) is 18.9. The van der Waals surface area contributed by atoms with E-state index in [1.165, 1.54) is 51.6 Å². The van der Waals surface area contributed by atoms with Gasteiger partial charge in [-0.1, -0.05) is 46.5 Å². The van der Waals surface area contributed by atoms with Crippen molar-refractivity contribution in [2.24, 2.45) is 5.41 Å². The zero-order valence-corrected chi connectivity index (χ0v) is 14.9. The summed E-state index contributed by atoms with van der Waals surface area (Å²) in [6.07, 6.45) is 8.43. The number of nitrogens with zero attached hydrogens (tertiary/aromatic N) is 1. The number of nitrogens with one attached hydrogen (secondary N) is 1. The second-order valence-electron chi connectivity index (χ2n) is 7.02. The number of rotatable bonds is 10. The molecule has 0 aliphatic heterocycles. The van der Waals surface area contributed by atoms with Gasteiger partial charge in [-0.25, -0.2) is 0 Å². The van der Waals surface area contributed by atoms with E-state index in [-0.39, 0.29) is 0 Å². The average Bonchev–Trinajstić information content (AvgIpc) is 2.70. The second-order valence-corrected chi connectivity index (χ2v) is 7.02. The van der Waals surface area contributed by atoms with Crippen molar-refractivity contribution < 1.29 is 4.74 Å². The van der Waals surface area contributed by atoms with Crippen molar-refractivity contribution in [3.8, 4) is 0 Å². The summed E-state index contributed by atoms with van der Waals surface area (Å²) in [5.74, 6) is 0. The van der Waals surface area contributed by atoms with E-state index in [4.69, 9.17) is 4.74 Å². The van der Waals surface area contributed by atoms with Gasteiger partial charge in [-0.05, 0) is 31.7 Å². The van der Waals surface area contributed by atoms with E-state index in [0.29, 0.717) is 11.5 Å². The monoisotopic (exact) mass is 298 g/mol. The Morgan fingerprint density at radius 3 is 2.29 bits per heavy atom. The molecule has 126 valence electrons. The maximum atomic E-state index is 5.55. The Kier molecular flexibility index (Phi) is 9.54. The van der Waals surface area contributed by atoms with E-state index in [0.717, 1.165) is 26.3 Å². The minimum atomic E-state index is 0.475. The maximum Gasteiger partial charge on any atom is 0.0593 e. The van der Waals surface area contributed by atoms with Gasteiger partial charge >= 0.3 is 0 Å². The molecular formula is C18H38N2O. The molecule has 0 spiro atoms. The zero-order valence-electron chi connectivity index (χ0n) is 14.9. The van der Waals surface area contributed by atoms with Crippen LogP contribution in [-0.2, 0) is 4.74 Å². The molecule has 0 aromatic rings. The quantitative estimate of drug-likeness (QED) is 0.492. The highest BCUT2D eigenvalue weighted by atomic mass is 16.5. The van der Waals surface area contributed by atoms with Crippen molar-refractivity contribution in [1.82, 2.24) is 10.2 Å². The minimum Gasteiger partial charge on any atom is -0.380 e. The summed E-state index contributed by atoms with van der Waals surface area (Å²) in [5.41, 5.74) is 0.475. The first-order chi connectivity index (χ1) is 10.1. The standard InChI is InChI=1S/C18H38N2O/c1-5-20(13-14-21-6-2)16-18(15-19-17(3)4)11-9-7-8-10-12-18/h17,19H,5-16H2,1-4H3. The van der Waals surface area contributed by atoms with Crippen LogP contribution in [0.25, 0.3) is 0 Å². The van der Waals surface area contributed by atoms with Crippen LogP contribution in [0.15, 0.2) is 0 Å². The molecule has 1 rings (SSSR count). The Hall–Kier alpha value is -0.120. The van der Waals surface area contributed by atoms with Gasteiger partial charge in [0.2, 0.25) is 0 Å². The summed E-state index contributed by atoms with van der Waals surface area (Å²) in [6.45, 7) is 15.2. The minimum absolute atomic E-state index is 0.475. The first-order valence-corrected chi connectivity index (χ1v) is 9.15. The molecule has 1 saturated carbocycles. The number of hydrogen-bond donors (Lipinski definition) is 1. The molecule has 0 amide bonds. The highest BCUT2D eigenvalue weighted by molar-refractivity contribution is 4.87. The van der Waals surface area contributed by atoms with Gasteiger partial charge in [-0.15, -0.1) is 0 Å². The maximum absolute atomic E-state index is 5.55. The summed E-state index contributed by atoms with van der Waals surface area (Å²) < 4.78 is 5.55. The fraction of sp³-hybridized carbons (Fsp3) is 1.00.